The lowest BCUT2D eigenvalue weighted by molar-refractivity contribution is -0.112. The number of benzene rings is 1. The third kappa shape index (κ3) is 4.47. The fraction of sp³-hybridized carbons (Fsp3) is 0.409. The van der Waals surface area contributed by atoms with Crippen LogP contribution in [-0.4, -0.2) is 62.0 Å². The van der Waals surface area contributed by atoms with E-state index in [-0.39, 0.29) is 12.2 Å². The van der Waals surface area contributed by atoms with Gasteiger partial charge in [0.2, 0.25) is 0 Å². The smallest absolute Gasteiger partial charge is 0.261 e. The van der Waals surface area contributed by atoms with Crippen LogP contribution >= 0.6 is 0 Å². The normalized spacial score (nSPS) is 23.6. The Balaban J connectivity index is 1.67. The molecule has 0 unspecified atom stereocenters. The van der Waals surface area contributed by atoms with Crippen molar-refractivity contribution < 1.29 is 19.4 Å². The molecular formula is C22H27N5O4. The summed E-state index contributed by atoms with van der Waals surface area (Å²) in [6, 6.07) is 3.89. The summed E-state index contributed by atoms with van der Waals surface area (Å²) in [5, 5.41) is 23.0. The molecule has 4 N–H and O–H groups in total. The van der Waals surface area contributed by atoms with Crippen molar-refractivity contribution in [3.8, 4) is 5.75 Å². The van der Waals surface area contributed by atoms with E-state index < -0.39 is 11.5 Å². The van der Waals surface area contributed by atoms with Crippen LogP contribution in [0, 0.1) is 5.41 Å². The number of allylic oxidation sites excluding steroid dienone is 1. The maximum absolute atomic E-state index is 13.0. The van der Waals surface area contributed by atoms with Gasteiger partial charge in [0.05, 0.1) is 30.2 Å². The molecule has 164 valence electrons. The van der Waals surface area contributed by atoms with Gasteiger partial charge in [-0.05, 0) is 19.1 Å². The van der Waals surface area contributed by atoms with Crippen LogP contribution in [-0.2, 0) is 16.0 Å². The standard InChI is InChI=1S/C22H27N5O4/c1-22(3-8-28)13-15-11-17(18(12-19(15)31-22)27-6-9-30-10-7-27)26-21(29)16(14-23)20-24-4-2-5-25-20/h2,4-5,11-12,14,23-24,28H,3,6-10,13H2,1H3,(H,26,29)/b20-16-,23-14?/t22-/m0/s1. The number of ether oxygens (including phenoxy) is 2. The highest BCUT2D eigenvalue weighted by atomic mass is 16.5. The summed E-state index contributed by atoms with van der Waals surface area (Å²) in [4.78, 5) is 19.3. The monoisotopic (exact) mass is 425 g/mol. The molecule has 0 bridgehead atoms. The van der Waals surface area contributed by atoms with Crippen LogP contribution in [0.15, 0.2) is 40.8 Å². The lowest BCUT2D eigenvalue weighted by atomic mass is 9.95. The van der Waals surface area contributed by atoms with Gasteiger partial charge in [-0.3, -0.25) is 4.79 Å². The number of nitrogens with one attached hydrogen (secondary N) is 3. The molecule has 3 aliphatic rings. The number of aliphatic hydroxyl groups excluding tert-OH is 1. The van der Waals surface area contributed by atoms with Crippen molar-refractivity contribution in [1.82, 2.24) is 5.32 Å². The summed E-state index contributed by atoms with van der Waals surface area (Å²) in [5.74, 6) is 0.670. The zero-order valence-corrected chi connectivity index (χ0v) is 17.5. The zero-order valence-electron chi connectivity index (χ0n) is 17.5. The highest BCUT2D eigenvalue weighted by Gasteiger charge is 2.36. The average molecular weight is 425 g/mol. The summed E-state index contributed by atoms with van der Waals surface area (Å²) in [6.07, 6.45) is 7.10. The predicted octanol–water partition coefficient (Wildman–Crippen LogP) is 1.59. The van der Waals surface area contributed by atoms with Crippen molar-refractivity contribution in [2.75, 3.05) is 43.1 Å². The summed E-state index contributed by atoms with van der Waals surface area (Å²) < 4.78 is 11.7. The number of fused-ring (bicyclic) bond motifs is 1. The van der Waals surface area contributed by atoms with Crippen LogP contribution < -0.4 is 20.3 Å². The second-order valence-electron chi connectivity index (χ2n) is 7.92. The van der Waals surface area contributed by atoms with E-state index in [9.17, 15) is 9.90 Å². The number of anilines is 2. The van der Waals surface area contributed by atoms with E-state index in [4.69, 9.17) is 14.9 Å². The molecule has 0 aromatic heterocycles. The van der Waals surface area contributed by atoms with E-state index in [0.717, 1.165) is 23.2 Å². The van der Waals surface area contributed by atoms with Gasteiger partial charge in [0.1, 0.15) is 17.2 Å². The molecule has 1 saturated heterocycles. The highest BCUT2D eigenvalue weighted by Crippen LogP contribution is 2.43. The largest absolute Gasteiger partial charge is 0.487 e. The Bertz CT molecular complexity index is 965. The molecule has 3 heterocycles. The van der Waals surface area contributed by atoms with Gasteiger partial charge in [0.15, 0.2) is 0 Å². The van der Waals surface area contributed by atoms with Gasteiger partial charge < -0.3 is 35.5 Å². The fourth-order valence-corrected chi connectivity index (χ4v) is 4.00. The summed E-state index contributed by atoms with van der Waals surface area (Å²) in [5.41, 5.74) is 2.13. The molecule has 31 heavy (non-hydrogen) atoms. The lowest BCUT2D eigenvalue weighted by Gasteiger charge is -2.31. The molecule has 3 aliphatic heterocycles. The molecule has 1 aromatic rings. The van der Waals surface area contributed by atoms with E-state index >= 15 is 0 Å². The van der Waals surface area contributed by atoms with Crippen LogP contribution in [0.1, 0.15) is 18.9 Å². The molecule has 1 fully saturated rings. The Morgan fingerprint density at radius 1 is 1.42 bits per heavy atom. The van der Waals surface area contributed by atoms with Gasteiger partial charge in [-0.15, -0.1) is 0 Å². The van der Waals surface area contributed by atoms with Crippen molar-refractivity contribution in [3.63, 3.8) is 0 Å². The number of hydrogen-bond acceptors (Lipinski definition) is 8. The third-order valence-electron chi connectivity index (χ3n) is 5.59. The third-order valence-corrected chi connectivity index (χ3v) is 5.59. The number of aliphatic hydroxyl groups is 1. The van der Waals surface area contributed by atoms with E-state index in [1.807, 2.05) is 19.1 Å². The van der Waals surface area contributed by atoms with Crippen LogP contribution in [0.2, 0.25) is 0 Å². The van der Waals surface area contributed by atoms with Crippen LogP contribution in [0.4, 0.5) is 11.4 Å². The van der Waals surface area contributed by atoms with E-state index in [2.05, 4.69) is 20.5 Å². The maximum atomic E-state index is 13.0. The first-order valence-corrected chi connectivity index (χ1v) is 10.3. The number of amides is 1. The second-order valence-corrected chi connectivity index (χ2v) is 7.92. The summed E-state index contributed by atoms with van der Waals surface area (Å²) in [7, 11) is 0. The number of hydrogen-bond donors (Lipinski definition) is 4. The zero-order chi connectivity index (χ0) is 21.8. The first-order valence-electron chi connectivity index (χ1n) is 10.3. The fourth-order valence-electron chi connectivity index (χ4n) is 4.00. The minimum Gasteiger partial charge on any atom is -0.487 e. The van der Waals surface area contributed by atoms with Gasteiger partial charge in [-0.1, -0.05) is 0 Å². The van der Waals surface area contributed by atoms with Crippen LogP contribution in [0.25, 0.3) is 0 Å². The van der Waals surface area contributed by atoms with E-state index in [1.54, 1.807) is 18.5 Å². The number of aliphatic imine (C=N–C) groups is 1. The molecule has 4 rings (SSSR count). The Hall–Kier alpha value is -3.17. The molecule has 1 amide bonds. The maximum Gasteiger partial charge on any atom is 0.261 e. The number of carbonyl (C=O) groups excluding carboxylic acids is 1. The van der Waals surface area contributed by atoms with Gasteiger partial charge in [0.25, 0.3) is 5.91 Å². The molecule has 0 radical (unpaired) electrons. The summed E-state index contributed by atoms with van der Waals surface area (Å²) in [6.45, 7) is 4.63. The molecule has 9 nitrogen and oxygen atoms in total. The first kappa shape index (κ1) is 21.1. The molecule has 0 aliphatic carbocycles. The molecule has 0 saturated carbocycles. The predicted molar refractivity (Wildman–Crippen MR) is 119 cm³/mol. The molecular weight excluding hydrogens is 398 g/mol. The Morgan fingerprint density at radius 2 is 2.23 bits per heavy atom. The Morgan fingerprint density at radius 3 is 2.90 bits per heavy atom. The molecule has 1 aromatic carbocycles. The van der Waals surface area contributed by atoms with Crippen molar-refractivity contribution in [3.05, 3.63) is 41.4 Å². The molecule has 0 spiro atoms. The number of morpholine rings is 1. The molecule has 9 heteroatoms. The SMILES string of the molecule is C[C@]1(CCO)Cc2cc(NC(=O)/C(C=N)=C3\N=CC=CN3)c(N3CCOCC3)cc2O1. The topological polar surface area (TPSA) is 119 Å². The number of carbonyl (C=O) groups is 1. The molecule has 1 atom stereocenters. The lowest BCUT2D eigenvalue weighted by Crippen LogP contribution is -2.37. The van der Waals surface area contributed by atoms with Crippen molar-refractivity contribution in [2.45, 2.75) is 25.4 Å². The highest BCUT2D eigenvalue weighted by molar-refractivity contribution is 6.18. The second kappa shape index (κ2) is 8.91. The van der Waals surface area contributed by atoms with E-state index in [0.29, 0.717) is 50.7 Å². The van der Waals surface area contributed by atoms with Gasteiger partial charge in [-0.25, -0.2) is 4.99 Å². The van der Waals surface area contributed by atoms with Gasteiger partial charge in [-0.2, -0.15) is 0 Å². The first-order chi connectivity index (χ1) is 15.0. The van der Waals surface area contributed by atoms with Crippen molar-refractivity contribution in [1.29, 1.82) is 5.41 Å². The van der Waals surface area contributed by atoms with Crippen LogP contribution in [0.5, 0.6) is 5.75 Å². The minimum atomic E-state index is -0.475. The summed E-state index contributed by atoms with van der Waals surface area (Å²) >= 11 is 0. The van der Waals surface area contributed by atoms with Crippen molar-refractivity contribution >= 4 is 29.7 Å². The quantitative estimate of drug-likeness (QED) is 0.406. The Kier molecular flexibility index (Phi) is 6.06. The minimum absolute atomic E-state index is 0.0443. The van der Waals surface area contributed by atoms with Crippen molar-refractivity contribution in [2.24, 2.45) is 4.99 Å². The van der Waals surface area contributed by atoms with Crippen LogP contribution in [0.3, 0.4) is 0 Å². The number of rotatable bonds is 6. The van der Waals surface area contributed by atoms with E-state index in [1.165, 1.54) is 0 Å². The van der Waals surface area contributed by atoms with Gasteiger partial charge in [0, 0.05) is 62.8 Å². The average Bonchev–Trinajstić information content (AvgIpc) is 3.10. The number of nitrogens with zero attached hydrogens (tertiary/aromatic N) is 2. The van der Waals surface area contributed by atoms with Gasteiger partial charge >= 0.3 is 0 Å². The Labute approximate surface area is 180 Å².